The summed E-state index contributed by atoms with van der Waals surface area (Å²) < 4.78 is 34.4. The minimum absolute atomic E-state index is 0.0248. The van der Waals surface area contributed by atoms with Crippen LogP contribution in [0.3, 0.4) is 0 Å². The van der Waals surface area contributed by atoms with Crippen molar-refractivity contribution in [1.29, 1.82) is 0 Å². The molecular weight excluding hydrogens is 381 g/mol. The summed E-state index contributed by atoms with van der Waals surface area (Å²) in [7, 11) is -2.02. The highest BCUT2D eigenvalue weighted by Gasteiger charge is 2.57. The molecule has 138 valence electrons. The number of sulfonamides is 1. The van der Waals surface area contributed by atoms with Crippen LogP contribution in [0.15, 0.2) is 23.1 Å². The molecule has 4 bridgehead atoms. The highest BCUT2D eigenvalue weighted by molar-refractivity contribution is 7.89. The molecule has 4 saturated carbocycles. The van der Waals surface area contributed by atoms with Crippen molar-refractivity contribution in [1.82, 2.24) is 4.72 Å². The van der Waals surface area contributed by atoms with Gasteiger partial charge in [-0.3, -0.25) is 0 Å². The van der Waals surface area contributed by atoms with Gasteiger partial charge in [0.05, 0.1) is 10.6 Å². The van der Waals surface area contributed by atoms with E-state index in [1.807, 2.05) is 0 Å². The molecule has 4 aliphatic rings. The third-order valence-electron chi connectivity index (χ3n) is 6.62. The molecule has 25 heavy (non-hydrogen) atoms. The standard InChI is InChI=1S/C18H23Cl2NO3S/c1-24-18(13-5-11-4-12(7-13)8-14(18)6-11)10-21-25(22,23)17-9-15(19)2-3-16(17)20/h2-3,9,11-14,21H,4-8,10H2,1H3. The Labute approximate surface area is 159 Å². The third kappa shape index (κ3) is 3.02. The lowest BCUT2D eigenvalue weighted by molar-refractivity contribution is -0.185. The summed E-state index contributed by atoms with van der Waals surface area (Å²) in [6.45, 7) is 0.295. The van der Waals surface area contributed by atoms with Gasteiger partial charge in [-0.2, -0.15) is 0 Å². The number of hydrogen-bond donors (Lipinski definition) is 1. The molecule has 0 heterocycles. The number of halogens is 2. The van der Waals surface area contributed by atoms with Gasteiger partial charge in [-0.15, -0.1) is 0 Å². The smallest absolute Gasteiger partial charge is 0.242 e. The van der Waals surface area contributed by atoms with Crippen molar-refractivity contribution in [3.05, 3.63) is 28.2 Å². The van der Waals surface area contributed by atoms with Crippen LogP contribution in [0.25, 0.3) is 0 Å². The largest absolute Gasteiger partial charge is 0.376 e. The molecular formula is C18H23Cl2NO3S. The van der Waals surface area contributed by atoms with Gasteiger partial charge in [0.25, 0.3) is 0 Å². The summed E-state index contributed by atoms with van der Waals surface area (Å²) in [6, 6.07) is 4.48. The SMILES string of the molecule is COC1(CNS(=O)(=O)c2cc(Cl)ccc2Cl)C2CC3CC(C2)CC1C3. The van der Waals surface area contributed by atoms with Gasteiger partial charge in [-0.05, 0) is 74.0 Å². The van der Waals surface area contributed by atoms with Gasteiger partial charge in [-0.25, -0.2) is 13.1 Å². The van der Waals surface area contributed by atoms with Gasteiger partial charge in [0.15, 0.2) is 0 Å². The summed E-state index contributed by atoms with van der Waals surface area (Å²) in [5, 5.41) is 0.523. The maximum absolute atomic E-state index is 12.8. The van der Waals surface area contributed by atoms with E-state index in [2.05, 4.69) is 4.72 Å². The molecule has 1 aromatic rings. The zero-order valence-electron chi connectivity index (χ0n) is 14.2. The van der Waals surface area contributed by atoms with Crippen LogP contribution in [0.2, 0.25) is 10.0 Å². The minimum Gasteiger partial charge on any atom is -0.376 e. The lowest BCUT2D eigenvalue weighted by Crippen LogP contribution is -2.63. The fraction of sp³-hybridized carbons (Fsp3) is 0.667. The van der Waals surface area contributed by atoms with E-state index < -0.39 is 15.6 Å². The first kappa shape index (κ1) is 18.1. The highest BCUT2D eigenvalue weighted by atomic mass is 35.5. The van der Waals surface area contributed by atoms with Gasteiger partial charge in [0.2, 0.25) is 10.0 Å². The molecule has 4 nitrogen and oxygen atoms in total. The number of hydrogen-bond acceptors (Lipinski definition) is 3. The van der Waals surface area contributed by atoms with Crippen LogP contribution < -0.4 is 4.72 Å². The second-order valence-corrected chi connectivity index (χ2v) is 10.4. The van der Waals surface area contributed by atoms with Gasteiger partial charge in [0.1, 0.15) is 4.90 Å². The van der Waals surface area contributed by atoms with Gasteiger partial charge in [-0.1, -0.05) is 23.2 Å². The molecule has 1 aromatic carbocycles. The number of rotatable bonds is 5. The Hall–Kier alpha value is -0.330. The molecule has 7 heteroatoms. The third-order valence-corrected chi connectivity index (χ3v) is 8.74. The first-order valence-corrected chi connectivity index (χ1v) is 11.1. The van der Waals surface area contributed by atoms with E-state index in [0.717, 1.165) is 37.5 Å². The van der Waals surface area contributed by atoms with E-state index >= 15 is 0 Å². The van der Waals surface area contributed by atoms with Crippen LogP contribution in [0.1, 0.15) is 32.1 Å². The Morgan fingerprint density at radius 2 is 1.72 bits per heavy atom. The van der Waals surface area contributed by atoms with Crippen molar-refractivity contribution in [2.75, 3.05) is 13.7 Å². The number of methoxy groups -OCH3 is 1. The molecule has 0 unspecified atom stereocenters. The highest BCUT2D eigenvalue weighted by Crippen LogP contribution is 2.59. The van der Waals surface area contributed by atoms with E-state index in [-0.39, 0.29) is 9.92 Å². The molecule has 0 amide bonds. The van der Waals surface area contributed by atoms with Crippen molar-refractivity contribution in [3.8, 4) is 0 Å². The fourth-order valence-corrected chi connectivity index (χ4v) is 7.48. The van der Waals surface area contributed by atoms with Crippen LogP contribution in [-0.2, 0) is 14.8 Å². The lowest BCUT2D eigenvalue weighted by Gasteiger charge is -2.60. The molecule has 1 N–H and O–H groups in total. The Morgan fingerprint density at radius 1 is 1.12 bits per heavy atom. The first-order valence-electron chi connectivity index (χ1n) is 8.84. The number of benzene rings is 1. The lowest BCUT2D eigenvalue weighted by atomic mass is 9.50. The second kappa shape index (κ2) is 6.38. The second-order valence-electron chi connectivity index (χ2n) is 7.86. The Bertz CT molecular complexity index is 753. The van der Waals surface area contributed by atoms with E-state index in [0.29, 0.717) is 23.4 Å². The van der Waals surface area contributed by atoms with Gasteiger partial charge < -0.3 is 4.74 Å². The van der Waals surface area contributed by atoms with Crippen molar-refractivity contribution in [2.45, 2.75) is 42.6 Å². The van der Waals surface area contributed by atoms with E-state index in [9.17, 15) is 8.42 Å². The predicted octanol–water partition coefficient (Wildman–Crippen LogP) is 4.11. The Kier molecular flexibility index (Phi) is 4.61. The number of ether oxygens (including phenoxy) is 1. The maximum atomic E-state index is 12.8. The Morgan fingerprint density at radius 3 is 2.28 bits per heavy atom. The molecule has 0 spiro atoms. The molecule has 0 atom stereocenters. The normalized spacial score (nSPS) is 36.8. The van der Waals surface area contributed by atoms with E-state index in [1.54, 1.807) is 13.2 Å². The summed E-state index contributed by atoms with van der Waals surface area (Å²) >= 11 is 12.0. The van der Waals surface area contributed by atoms with Crippen LogP contribution in [-0.4, -0.2) is 27.7 Å². The van der Waals surface area contributed by atoms with Gasteiger partial charge in [0, 0.05) is 18.7 Å². The first-order chi connectivity index (χ1) is 11.8. The predicted molar refractivity (Wildman–Crippen MR) is 98.4 cm³/mol. The average Bonchev–Trinajstić information content (AvgIpc) is 2.56. The average molecular weight is 404 g/mol. The molecule has 5 rings (SSSR count). The van der Waals surface area contributed by atoms with Crippen LogP contribution in [0.4, 0.5) is 0 Å². The maximum Gasteiger partial charge on any atom is 0.242 e. The molecule has 0 aromatic heterocycles. The summed E-state index contributed by atoms with van der Waals surface area (Å²) in [5.74, 6) is 2.46. The van der Waals surface area contributed by atoms with Crippen LogP contribution >= 0.6 is 23.2 Å². The molecule has 4 fully saturated rings. The molecule has 4 aliphatic carbocycles. The molecule has 0 aliphatic heterocycles. The van der Waals surface area contributed by atoms with Crippen molar-refractivity contribution in [2.24, 2.45) is 23.7 Å². The van der Waals surface area contributed by atoms with E-state index in [1.165, 1.54) is 18.6 Å². The summed E-state index contributed by atoms with van der Waals surface area (Å²) in [6.07, 6.45) is 5.96. The van der Waals surface area contributed by atoms with Gasteiger partial charge >= 0.3 is 0 Å². The summed E-state index contributed by atoms with van der Waals surface area (Å²) in [4.78, 5) is 0.0248. The zero-order chi connectivity index (χ0) is 17.8. The van der Waals surface area contributed by atoms with Crippen LogP contribution in [0.5, 0.6) is 0 Å². The summed E-state index contributed by atoms with van der Waals surface area (Å²) in [5.41, 5.74) is -0.397. The van der Waals surface area contributed by atoms with Crippen LogP contribution in [0, 0.1) is 23.7 Å². The zero-order valence-corrected chi connectivity index (χ0v) is 16.5. The molecule has 0 radical (unpaired) electrons. The van der Waals surface area contributed by atoms with Crippen molar-refractivity contribution in [3.63, 3.8) is 0 Å². The quantitative estimate of drug-likeness (QED) is 0.804. The molecule has 0 saturated heterocycles. The topological polar surface area (TPSA) is 55.4 Å². The minimum atomic E-state index is -3.74. The van der Waals surface area contributed by atoms with Crippen molar-refractivity contribution < 1.29 is 13.2 Å². The van der Waals surface area contributed by atoms with E-state index in [4.69, 9.17) is 27.9 Å². The Balaban J connectivity index is 1.58. The fourth-order valence-electron chi connectivity index (χ4n) is 5.64. The number of nitrogens with one attached hydrogen (secondary N) is 1. The van der Waals surface area contributed by atoms with Crippen molar-refractivity contribution >= 4 is 33.2 Å². The monoisotopic (exact) mass is 403 g/mol.